The molecule has 1 aromatic rings. The van der Waals surface area contributed by atoms with Gasteiger partial charge in [0.05, 0.1) is 5.92 Å². The largest absolute Gasteiger partial charge is 0.481 e. The van der Waals surface area contributed by atoms with Crippen LogP contribution in [0.5, 0.6) is 0 Å². The zero-order chi connectivity index (χ0) is 14.0. The number of benzene rings is 1. The monoisotopic (exact) mass is 325 g/mol. The Morgan fingerprint density at radius 1 is 1.58 bits per heavy atom. The maximum absolute atomic E-state index is 10.9. The van der Waals surface area contributed by atoms with Gasteiger partial charge in [0.15, 0.2) is 0 Å². The van der Waals surface area contributed by atoms with Crippen LogP contribution < -0.4 is 0 Å². The topological polar surface area (TPSA) is 40.5 Å². The molecule has 0 radical (unpaired) electrons. The summed E-state index contributed by atoms with van der Waals surface area (Å²) in [6.07, 6.45) is 1.78. The summed E-state index contributed by atoms with van der Waals surface area (Å²) in [6.45, 7) is 3.99. The van der Waals surface area contributed by atoms with Crippen molar-refractivity contribution in [2.45, 2.75) is 25.7 Å². The van der Waals surface area contributed by atoms with E-state index in [4.69, 9.17) is 5.11 Å². The highest BCUT2D eigenvalue weighted by Gasteiger charge is 2.23. The molecule has 0 aliphatic carbocycles. The van der Waals surface area contributed by atoms with Crippen LogP contribution >= 0.6 is 15.9 Å². The first-order valence-electron chi connectivity index (χ1n) is 6.67. The molecule has 3 nitrogen and oxygen atoms in total. The molecule has 2 unspecified atom stereocenters. The quantitative estimate of drug-likeness (QED) is 0.924. The van der Waals surface area contributed by atoms with Crippen LogP contribution in [0.3, 0.4) is 0 Å². The molecule has 1 aliphatic rings. The molecule has 2 rings (SSSR count). The molecule has 1 aromatic carbocycles. The number of nitrogens with zero attached hydrogens (tertiary/aromatic N) is 1. The van der Waals surface area contributed by atoms with Gasteiger partial charge in [-0.1, -0.05) is 35.0 Å². The molecule has 0 saturated carbocycles. The predicted octanol–water partition coefficient (Wildman–Crippen LogP) is 3.13. The van der Waals surface area contributed by atoms with Crippen LogP contribution in [-0.4, -0.2) is 36.1 Å². The molecular formula is C15H20BrNO2. The lowest BCUT2D eigenvalue weighted by molar-refractivity contribution is -0.141. The standard InChI is InChI=1S/C15H20BrNO2/c1-10(15(18)19)7-11-3-4-13(14(16)8-11)12-5-6-17(2)9-12/h3-4,8,10,12H,5-7,9H2,1-2H3,(H,18,19). The van der Waals surface area contributed by atoms with Crippen molar-refractivity contribution in [1.29, 1.82) is 0 Å². The van der Waals surface area contributed by atoms with Crippen molar-refractivity contribution in [2.24, 2.45) is 5.92 Å². The summed E-state index contributed by atoms with van der Waals surface area (Å²) in [5.74, 6) is -0.488. The molecule has 0 bridgehead atoms. The molecule has 1 N–H and O–H groups in total. The lowest BCUT2D eigenvalue weighted by atomic mass is 9.95. The van der Waals surface area contributed by atoms with E-state index in [-0.39, 0.29) is 5.92 Å². The van der Waals surface area contributed by atoms with Crippen LogP contribution in [0.15, 0.2) is 22.7 Å². The van der Waals surface area contributed by atoms with E-state index in [9.17, 15) is 4.79 Å². The van der Waals surface area contributed by atoms with Gasteiger partial charge in [0.2, 0.25) is 0 Å². The summed E-state index contributed by atoms with van der Waals surface area (Å²) in [7, 11) is 2.15. The van der Waals surface area contributed by atoms with Crippen molar-refractivity contribution in [2.75, 3.05) is 20.1 Å². The van der Waals surface area contributed by atoms with Crippen LogP contribution in [0.25, 0.3) is 0 Å². The van der Waals surface area contributed by atoms with Crippen LogP contribution in [0.4, 0.5) is 0 Å². The minimum absolute atomic E-state index is 0.338. The maximum atomic E-state index is 10.9. The van der Waals surface area contributed by atoms with Crippen molar-refractivity contribution in [1.82, 2.24) is 4.90 Å². The number of carboxylic acids is 1. The molecule has 19 heavy (non-hydrogen) atoms. The van der Waals surface area contributed by atoms with Crippen LogP contribution in [-0.2, 0) is 11.2 Å². The van der Waals surface area contributed by atoms with Gasteiger partial charge in [-0.25, -0.2) is 0 Å². The number of halogens is 1. The summed E-state index contributed by atoms with van der Waals surface area (Å²) in [4.78, 5) is 13.2. The highest BCUT2D eigenvalue weighted by Crippen LogP contribution is 2.32. The summed E-state index contributed by atoms with van der Waals surface area (Å²) in [6, 6.07) is 6.29. The van der Waals surface area contributed by atoms with Crippen molar-refractivity contribution < 1.29 is 9.90 Å². The third kappa shape index (κ3) is 3.57. The molecule has 0 spiro atoms. The Morgan fingerprint density at radius 2 is 2.32 bits per heavy atom. The molecule has 104 valence electrons. The zero-order valence-corrected chi connectivity index (χ0v) is 13.0. The number of rotatable bonds is 4. The third-order valence-corrected chi connectivity index (χ3v) is 4.55. The van der Waals surface area contributed by atoms with E-state index in [1.54, 1.807) is 6.92 Å². The number of carbonyl (C=O) groups is 1. The summed E-state index contributed by atoms with van der Waals surface area (Å²) in [5, 5.41) is 8.95. The first-order chi connectivity index (χ1) is 8.97. The van der Waals surface area contributed by atoms with Gasteiger partial charge >= 0.3 is 5.97 Å². The number of aliphatic carboxylic acids is 1. The fourth-order valence-electron chi connectivity index (χ4n) is 2.66. The lowest BCUT2D eigenvalue weighted by Gasteiger charge is -2.14. The van der Waals surface area contributed by atoms with E-state index >= 15 is 0 Å². The Kier molecular flexibility index (Phi) is 4.63. The zero-order valence-electron chi connectivity index (χ0n) is 11.4. The highest BCUT2D eigenvalue weighted by atomic mass is 79.9. The number of hydrogen-bond acceptors (Lipinski definition) is 2. The molecule has 1 aliphatic heterocycles. The van der Waals surface area contributed by atoms with Crippen molar-refractivity contribution in [3.63, 3.8) is 0 Å². The first-order valence-corrected chi connectivity index (χ1v) is 7.46. The maximum Gasteiger partial charge on any atom is 0.306 e. The molecule has 0 aromatic heterocycles. The molecule has 1 fully saturated rings. The molecule has 1 saturated heterocycles. The van der Waals surface area contributed by atoms with E-state index in [0.29, 0.717) is 12.3 Å². The Morgan fingerprint density at radius 3 is 2.84 bits per heavy atom. The normalized spacial score (nSPS) is 21.5. The smallest absolute Gasteiger partial charge is 0.306 e. The van der Waals surface area contributed by atoms with Gasteiger partial charge < -0.3 is 10.0 Å². The van der Waals surface area contributed by atoms with Crippen LogP contribution in [0.2, 0.25) is 0 Å². The second-order valence-electron chi connectivity index (χ2n) is 5.55. The fraction of sp³-hybridized carbons (Fsp3) is 0.533. The lowest BCUT2D eigenvalue weighted by Crippen LogP contribution is -2.14. The number of carboxylic acid groups (broad SMARTS) is 1. The van der Waals surface area contributed by atoms with Gasteiger partial charge in [0.25, 0.3) is 0 Å². The van der Waals surface area contributed by atoms with Crippen molar-refractivity contribution in [3.8, 4) is 0 Å². The molecule has 4 heteroatoms. The van der Waals surface area contributed by atoms with Gasteiger partial charge in [0, 0.05) is 11.0 Å². The van der Waals surface area contributed by atoms with Gasteiger partial charge in [-0.05, 0) is 49.5 Å². The van der Waals surface area contributed by atoms with E-state index in [2.05, 4.69) is 46.1 Å². The number of likely N-dealkylation sites (N-methyl/N-ethyl adjacent to an activating group) is 1. The van der Waals surface area contributed by atoms with E-state index in [1.807, 2.05) is 0 Å². The van der Waals surface area contributed by atoms with Gasteiger partial charge in [-0.3, -0.25) is 4.79 Å². The average molecular weight is 326 g/mol. The predicted molar refractivity (Wildman–Crippen MR) is 79.5 cm³/mol. The van der Waals surface area contributed by atoms with E-state index in [0.717, 1.165) is 23.1 Å². The summed E-state index contributed by atoms with van der Waals surface area (Å²) >= 11 is 3.64. The Balaban J connectivity index is 2.11. The third-order valence-electron chi connectivity index (χ3n) is 3.86. The van der Waals surface area contributed by atoms with E-state index < -0.39 is 5.97 Å². The SMILES string of the molecule is CC(Cc1ccc(C2CCN(C)C2)c(Br)c1)C(=O)O. The van der Waals surface area contributed by atoms with Gasteiger partial charge in [-0.15, -0.1) is 0 Å². The second kappa shape index (κ2) is 6.06. The van der Waals surface area contributed by atoms with Crippen molar-refractivity contribution in [3.05, 3.63) is 33.8 Å². The minimum Gasteiger partial charge on any atom is -0.481 e. The Bertz CT molecular complexity index is 475. The molecular weight excluding hydrogens is 306 g/mol. The first kappa shape index (κ1) is 14.5. The van der Waals surface area contributed by atoms with E-state index in [1.165, 1.54) is 12.0 Å². The van der Waals surface area contributed by atoms with Crippen LogP contribution in [0.1, 0.15) is 30.4 Å². The molecule has 0 amide bonds. The highest BCUT2D eigenvalue weighted by molar-refractivity contribution is 9.10. The molecule has 1 heterocycles. The number of hydrogen-bond donors (Lipinski definition) is 1. The van der Waals surface area contributed by atoms with Crippen molar-refractivity contribution >= 4 is 21.9 Å². The molecule has 2 atom stereocenters. The fourth-order valence-corrected chi connectivity index (χ4v) is 3.41. The Hall–Kier alpha value is -0.870. The summed E-state index contributed by atoms with van der Waals surface area (Å²) in [5.41, 5.74) is 2.42. The minimum atomic E-state index is -0.738. The average Bonchev–Trinajstić information content (AvgIpc) is 2.75. The van der Waals surface area contributed by atoms with Crippen LogP contribution in [0, 0.1) is 5.92 Å². The van der Waals surface area contributed by atoms with Gasteiger partial charge in [0.1, 0.15) is 0 Å². The van der Waals surface area contributed by atoms with Gasteiger partial charge in [-0.2, -0.15) is 0 Å². The Labute approximate surface area is 122 Å². The number of likely N-dealkylation sites (tertiary alicyclic amines) is 1. The summed E-state index contributed by atoms with van der Waals surface area (Å²) < 4.78 is 1.11. The second-order valence-corrected chi connectivity index (χ2v) is 6.40.